The highest BCUT2D eigenvalue weighted by atomic mass is 16.5. The van der Waals surface area contributed by atoms with E-state index in [4.69, 9.17) is 4.74 Å². The largest absolute Gasteiger partial charge is 0.368 e. The van der Waals surface area contributed by atoms with Crippen LogP contribution in [0.15, 0.2) is 30.9 Å². The fourth-order valence-electron chi connectivity index (χ4n) is 2.82. The van der Waals surface area contributed by atoms with Crippen molar-refractivity contribution < 1.29 is 9.53 Å². The van der Waals surface area contributed by atoms with E-state index in [9.17, 15) is 4.79 Å². The normalized spacial score (nSPS) is 17.5. The average Bonchev–Trinajstić information content (AvgIpc) is 3.15. The Hall–Kier alpha value is -2.48. The van der Waals surface area contributed by atoms with Crippen molar-refractivity contribution in [3.05, 3.63) is 36.5 Å². The van der Waals surface area contributed by atoms with Gasteiger partial charge in [-0.15, -0.1) is 0 Å². The molecule has 1 amide bonds. The Morgan fingerprint density at radius 1 is 1.40 bits per heavy atom. The van der Waals surface area contributed by atoms with E-state index in [1.165, 1.54) is 6.33 Å². The van der Waals surface area contributed by atoms with Gasteiger partial charge in [-0.1, -0.05) is 6.07 Å². The lowest BCUT2D eigenvalue weighted by Gasteiger charge is -2.33. The number of amides is 1. The molecule has 25 heavy (non-hydrogen) atoms. The molecule has 0 N–H and O–H groups in total. The predicted molar refractivity (Wildman–Crippen MR) is 93.1 cm³/mol. The molecule has 0 unspecified atom stereocenters. The van der Waals surface area contributed by atoms with E-state index >= 15 is 0 Å². The van der Waals surface area contributed by atoms with Crippen LogP contribution in [0.4, 0.5) is 5.82 Å². The molecule has 1 fully saturated rings. The Morgan fingerprint density at radius 3 is 3.04 bits per heavy atom. The molecule has 1 aliphatic heterocycles. The molecule has 1 aliphatic rings. The monoisotopic (exact) mass is 344 g/mol. The molecule has 0 saturated carbocycles. The Labute approximate surface area is 147 Å². The molecule has 0 radical (unpaired) electrons. The quantitative estimate of drug-likeness (QED) is 0.782. The van der Waals surface area contributed by atoms with Gasteiger partial charge < -0.3 is 14.5 Å². The summed E-state index contributed by atoms with van der Waals surface area (Å²) in [5.41, 5.74) is 0.867. The van der Waals surface area contributed by atoms with Crippen LogP contribution < -0.4 is 4.90 Å². The van der Waals surface area contributed by atoms with Crippen LogP contribution in [0.25, 0.3) is 0 Å². The first-order chi connectivity index (χ1) is 12.1. The number of pyridine rings is 1. The Bertz CT molecular complexity index is 688. The molecular weight excluding hydrogens is 320 g/mol. The van der Waals surface area contributed by atoms with Gasteiger partial charge in [0.1, 0.15) is 24.6 Å². The zero-order valence-corrected chi connectivity index (χ0v) is 14.7. The molecule has 0 bridgehead atoms. The minimum atomic E-state index is -0.173. The lowest BCUT2D eigenvalue weighted by atomic mass is 10.1. The highest BCUT2D eigenvalue weighted by Crippen LogP contribution is 2.23. The second-order valence-electron chi connectivity index (χ2n) is 6.28. The average molecular weight is 344 g/mol. The zero-order chi connectivity index (χ0) is 17.6. The van der Waals surface area contributed by atoms with Crippen molar-refractivity contribution in [1.29, 1.82) is 0 Å². The van der Waals surface area contributed by atoms with E-state index in [-0.39, 0.29) is 12.0 Å². The summed E-state index contributed by atoms with van der Waals surface area (Å²) >= 11 is 0. The Kier molecular flexibility index (Phi) is 5.60. The van der Waals surface area contributed by atoms with Crippen LogP contribution in [-0.2, 0) is 16.1 Å². The van der Waals surface area contributed by atoms with Gasteiger partial charge >= 0.3 is 0 Å². The van der Waals surface area contributed by atoms with Gasteiger partial charge in [0.2, 0.25) is 5.91 Å². The molecule has 0 aromatic carbocycles. The number of hydrogen-bond donors (Lipinski definition) is 0. The van der Waals surface area contributed by atoms with E-state index in [1.54, 1.807) is 11.0 Å². The van der Waals surface area contributed by atoms with Crippen LogP contribution in [-0.4, -0.2) is 64.3 Å². The van der Waals surface area contributed by atoms with E-state index in [1.807, 2.05) is 42.1 Å². The molecule has 2 aromatic heterocycles. The van der Waals surface area contributed by atoms with Crippen molar-refractivity contribution >= 4 is 11.7 Å². The topological polar surface area (TPSA) is 76.4 Å². The fourth-order valence-corrected chi connectivity index (χ4v) is 2.82. The highest BCUT2D eigenvalue weighted by molar-refractivity contribution is 5.76. The molecule has 0 spiro atoms. The van der Waals surface area contributed by atoms with E-state index in [2.05, 4.69) is 15.1 Å². The number of morpholine rings is 1. The third kappa shape index (κ3) is 4.54. The predicted octanol–water partition coefficient (Wildman–Crippen LogP) is 1.12. The maximum Gasteiger partial charge on any atom is 0.222 e. The van der Waals surface area contributed by atoms with Crippen molar-refractivity contribution in [3.8, 4) is 0 Å². The van der Waals surface area contributed by atoms with Crippen molar-refractivity contribution in [2.45, 2.75) is 25.5 Å². The van der Waals surface area contributed by atoms with Crippen LogP contribution >= 0.6 is 0 Å². The molecule has 3 rings (SSSR count). The standard InChI is InChI=1S/C17H24N6O2/c1-21(2)16-6-3-5-14(20-16)15-11-22(9-10-25-15)17(24)7-4-8-23-13-18-12-19-23/h3,5-6,12-13,15H,4,7-11H2,1-2H3/t15-/m1/s1. The first-order valence-corrected chi connectivity index (χ1v) is 8.49. The molecule has 2 aromatic rings. The molecule has 134 valence electrons. The van der Waals surface area contributed by atoms with E-state index in [0.717, 1.165) is 17.9 Å². The molecule has 0 aliphatic carbocycles. The van der Waals surface area contributed by atoms with Gasteiger partial charge in [-0.05, 0) is 18.6 Å². The summed E-state index contributed by atoms with van der Waals surface area (Å²) in [6, 6.07) is 5.88. The first kappa shape index (κ1) is 17.3. The van der Waals surface area contributed by atoms with Gasteiger partial charge in [-0.2, -0.15) is 5.10 Å². The zero-order valence-electron chi connectivity index (χ0n) is 14.7. The molecule has 8 nitrogen and oxygen atoms in total. The van der Waals surface area contributed by atoms with Crippen LogP contribution in [0.3, 0.4) is 0 Å². The van der Waals surface area contributed by atoms with Gasteiger partial charge in [0.05, 0.1) is 18.8 Å². The number of aromatic nitrogens is 4. The van der Waals surface area contributed by atoms with Gasteiger partial charge in [0.25, 0.3) is 0 Å². The summed E-state index contributed by atoms with van der Waals surface area (Å²) in [7, 11) is 3.91. The lowest BCUT2D eigenvalue weighted by Crippen LogP contribution is -2.42. The minimum Gasteiger partial charge on any atom is -0.368 e. The highest BCUT2D eigenvalue weighted by Gasteiger charge is 2.26. The molecular formula is C17H24N6O2. The second kappa shape index (κ2) is 8.06. The number of rotatable bonds is 6. The third-order valence-corrected chi connectivity index (χ3v) is 4.21. The molecule has 1 atom stereocenters. The molecule has 8 heteroatoms. The van der Waals surface area contributed by atoms with Crippen LogP contribution in [0.2, 0.25) is 0 Å². The van der Waals surface area contributed by atoms with Crippen molar-refractivity contribution in [2.75, 3.05) is 38.7 Å². The number of carbonyl (C=O) groups is 1. The Balaban J connectivity index is 1.55. The second-order valence-corrected chi connectivity index (χ2v) is 6.28. The van der Waals surface area contributed by atoms with Gasteiger partial charge in [0.15, 0.2) is 0 Å². The smallest absolute Gasteiger partial charge is 0.222 e. The van der Waals surface area contributed by atoms with Crippen LogP contribution in [0.5, 0.6) is 0 Å². The number of hydrogen-bond acceptors (Lipinski definition) is 6. The number of carbonyl (C=O) groups excluding carboxylic acids is 1. The number of nitrogens with zero attached hydrogens (tertiary/aromatic N) is 6. The summed E-state index contributed by atoms with van der Waals surface area (Å²) < 4.78 is 7.59. The molecule has 3 heterocycles. The number of aryl methyl sites for hydroxylation is 1. The maximum atomic E-state index is 12.5. The van der Waals surface area contributed by atoms with Crippen molar-refractivity contribution in [2.24, 2.45) is 0 Å². The summed E-state index contributed by atoms with van der Waals surface area (Å²) in [4.78, 5) is 24.8. The number of anilines is 1. The van der Waals surface area contributed by atoms with Crippen LogP contribution in [0, 0.1) is 0 Å². The van der Waals surface area contributed by atoms with E-state index in [0.29, 0.717) is 32.7 Å². The van der Waals surface area contributed by atoms with Crippen molar-refractivity contribution in [3.63, 3.8) is 0 Å². The summed E-state index contributed by atoms with van der Waals surface area (Å²) in [6.07, 6.45) is 4.24. The number of ether oxygens (including phenoxy) is 1. The fraction of sp³-hybridized carbons (Fsp3) is 0.529. The maximum absolute atomic E-state index is 12.5. The van der Waals surface area contributed by atoms with Crippen molar-refractivity contribution in [1.82, 2.24) is 24.6 Å². The SMILES string of the molecule is CN(C)c1cccc([C@H]2CN(C(=O)CCCn3cncn3)CCO2)n1. The molecule has 1 saturated heterocycles. The summed E-state index contributed by atoms with van der Waals surface area (Å²) in [6.45, 7) is 2.41. The minimum absolute atomic E-state index is 0.150. The summed E-state index contributed by atoms with van der Waals surface area (Å²) in [5.74, 6) is 1.04. The Morgan fingerprint density at radius 2 is 2.28 bits per heavy atom. The third-order valence-electron chi connectivity index (χ3n) is 4.21. The summed E-state index contributed by atoms with van der Waals surface area (Å²) in [5, 5.41) is 4.05. The first-order valence-electron chi connectivity index (χ1n) is 8.49. The van der Waals surface area contributed by atoms with Gasteiger partial charge in [-0.25, -0.2) is 9.97 Å². The van der Waals surface area contributed by atoms with Gasteiger partial charge in [0, 0.05) is 33.6 Å². The van der Waals surface area contributed by atoms with Crippen LogP contribution in [0.1, 0.15) is 24.6 Å². The lowest BCUT2D eigenvalue weighted by molar-refractivity contribution is -0.139. The van der Waals surface area contributed by atoms with E-state index < -0.39 is 0 Å². The van der Waals surface area contributed by atoms with Gasteiger partial charge in [-0.3, -0.25) is 9.48 Å².